The van der Waals surface area contributed by atoms with E-state index in [0.29, 0.717) is 39.9 Å². The maximum absolute atomic E-state index is 13.5. The molecular formula is C32H34ClNO5. The van der Waals surface area contributed by atoms with Crippen LogP contribution in [0.1, 0.15) is 64.3 Å². The predicted molar refractivity (Wildman–Crippen MR) is 155 cm³/mol. The van der Waals surface area contributed by atoms with Gasteiger partial charge in [0.15, 0.2) is 0 Å². The average molecular weight is 548 g/mol. The third-order valence-electron chi connectivity index (χ3n) is 6.53. The number of hydrogen-bond acceptors (Lipinski definition) is 5. The molecule has 4 rings (SSSR count). The number of aliphatic hydroxyl groups is 1. The number of ketones is 1. The molecule has 1 amide bonds. The first kappa shape index (κ1) is 28.2. The van der Waals surface area contributed by atoms with Crippen LogP contribution in [-0.4, -0.2) is 29.5 Å². The molecule has 3 aromatic rings. The van der Waals surface area contributed by atoms with Gasteiger partial charge in [0.2, 0.25) is 0 Å². The summed E-state index contributed by atoms with van der Waals surface area (Å²) in [6.45, 7) is 12.4. The Morgan fingerprint density at radius 1 is 1.00 bits per heavy atom. The molecule has 0 spiro atoms. The summed E-state index contributed by atoms with van der Waals surface area (Å²) >= 11 is 6.25. The second-order valence-electron chi connectivity index (χ2n) is 10.8. The first-order chi connectivity index (χ1) is 18.4. The second-order valence-corrected chi connectivity index (χ2v) is 11.2. The van der Waals surface area contributed by atoms with Crippen molar-refractivity contribution in [1.82, 2.24) is 0 Å². The van der Waals surface area contributed by atoms with Gasteiger partial charge in [0.05, 0.1) is 29.3 Å². The van der Waals surface area contributed by atoms with E-state index in [4.69, 9.17) is 21.1 Å². The van der Waals surface area contributed by atoms with Crippen LogP contribution in [0.5, 0.6) is 11.5 Å². The summed E-state index contributed by atoms with van der Waals surface area (Å²) in [4.78, 5) is 28.5. The number of carbonyl (C=O) groups is 2. The number of ether oxygens (including phenoxy) is 2. The van der Waals surface area contributed by atoms with Gasteiger partial charge in [-0.3, -0.25) is 14.5 Å². The molecule has 1 saturated heterocycles. The Morgan fingerprint density at radius 2 is 1.64 bits per heavy atom. The fourth-order valence-corrected chi connectivity index (χ4v) is 4.78. The first-order valence-corrected chi connectivity index (χ1v) is 13.4. The van der Waals surface area contributed by atoms with Crippen LogP contribution in [0, 0.1) is 0 Å². The quantitative estimate of drug-likeness (QED) is 0.189. The number of Topliss-reactive ketones (excluding diaryl/α,β-unsaturated/α-hetero) is 1. The standard InChI is InChI=1S/C32H34ClNO5/c1-7-38-26-18-21(10-17-25(26)33)29(35)27-28(20-8-15-24(16-9-20)39-19(2)3)34(31(37)30(27)36)23-13-11-22(12-14-23)32(4,5)6/h8-19,28,35H,7H2,1-6H3/b29-27-. The van der Waals surface area contributed by atoms with Crippen LogP contribution in [0.3, 0.4) is 0 Å². The summed E-state index contributed by atoms with van der Waals surface area (Å²) < 4.78 is 11.4. The van der Waals surface area contributed by atoms with Gasteiger partial charge in [-0.1, -0.05) is 56.6 Å². The van der Waals surface area contributed by atoms with Crippen molar-refractivity contribution in [1.29, 1.82) is 0 Å². The number of nitrogens with zero attached hydrogens (tertiary/aromatic N) is 1. The molecule has 1 fully saturated rings. The SMILES string of the molecule is CCOc1cc(/C(O)=C2/C(=O)C(=O)N(c3ccc(C(C)(C)C)cc3)C2c2ccc(OC(C)C)cc2)ccc1Cl. The van der Waals surface area contributed by atoms with Crippen LogP contribution in [0.4, 0.5) is 5.69 Å². The van der Waals surface area contributed by atoms with Crippen molar-refractivity contribution < 1.29 is 24.2 Å². The minimum atomic E-state index is -0.857. The summed E-state index contributed by atoms with van der Waals surface area (Å²) in [5.74, 6) is -0.743. The Morgan fingerprint density at radius 3 is 2.21 bits per heavy atom. The molecule has 6 nitrogen and oxygen atoms in total. The summed E-state index contributed by atoms with van der Waals surface area (Å²) in [7, 11) is 0. The third-order valence-corrected chi connectivity index (χ3v) is 6.84. The van der Waals surface area contributed by atoms with E-state index in [1.165, 1.54) is 4.90 Å². The number of anilines is 1. The lowest BCUT2D eigenvalue weighted by molar-refractivity contribution is -0.132. The molecule has 0 aliphatic carbocycles. The largest absolute Gasteiger partial charge is 0.507 e. The van der Waals surface area contributed by atoms with Gasteiger partial charge in [0, 0.05) is 11.3 Å². The van der Waals surface area contributed by atoms with Crippen molar-refractivity contribution >= 4 is 34.7 Å². The predicted octanol–water partition coefficient (Wildman–Crippen LogP) is 7.45. The minimum Gasteiger partial charge on any atom is -0.507 e. The van der Waals surface area contributed by atoms with Crippen LogP contribution in [-0.2, 0) is 15.0 Å². The lowest BCUT2D eigenvalue weighted by Gasteiger charge is -2.27. The zero-order chi connectivity index (χ0) is 28.5. The highest BCUT2D eigenvalue weighted by Gasteiger charge is 2.47. The highest BCUT2D eigenvalue weighted by molar-refractivity contribution is 6.51. The van der Waals surface area contributed by atoms with Crippen molar-refractivity contribution in [2.75, 3.05) is 11.5 Å². The normalized spacial score (nSPS) is 17.1. The van der Waals surface area contributed by atoms with Gasteiger partial charge in [-0.25, -0.2) is 0 Å². The number of amides is 1. The summed E-state index contributed by atoms with van der Waals surface area (Å²) in [5.41, 5.74) is 2.55. The van der Waals surface area contributed by atoms with Crippen molar-refractivity contribution in [3.8, 4) is 11.5 Å². The molecule has 0 saturated carbocycles. The molecule has 0 bridgehead atoms. The fraction of sp³-hybridized carbons (Fsp3) is 0.312. The Labute approximate surface area is 234 Å². The molecule has 0 aromatic heterocycles. The van der Waals surface area contributed by atoms with Gasteiger partial charge in [0.1, 0.15) is 17.3 Å². The first-order valence-electron chi connectivity index (χ1n) is 13.0. The van der Waals surface area contributed by atoms with Crippen molar-refractivity contribution in [2.24, 2.45) is 0 Å². The lowest BCUT2D eigenvalue weighted by Crippen LogP contribution is -2.29. The monoisotopic (exact) mass is 547 g/mol. The number of hydrogen-bond donors (Lipinski definition) is 1. The number of halogens is 1. The molecule has 1 N–H and O–H groups in total. The van der Waals surface area contributed by atoms with Gasteiger partial charge in [0.25, 0.3) is 11.7 Å². The zero-order valence-electron chi connectivity index (χ0n) is 23.1. The van der Waals surface area contributed by atoms with E-state index in [9.17, 15) is 14.7 Å². The van der Waals surface area contributed by atoms with Crippen LogP contribution < -0.4 is 14.4 Å². The van der Waals surface area contributed by atoms with Gasteiger partial charge in [-0.15, -0.1) is 0 Å². The minimum absolute atomic E-state index is 0.00717. The maximum atomic E-state index is 13.5. The van der Waals surface area contributed by atoms with E-state index < -0.39 is 17.7 Å². The molecule has 39 heavy (non-hydrogen) atoms. The Hall–Kier alpha value is -3.77. The molecule has 1 aliphatic heterocycles. The third kappa shape index (κ3) is 5.81. The maximum Gasteiger partial charge on any atom is 0.300 e. The Balaban J connectivity index is 1.88. The second kappa shape index (κ2) is 11.1. The highest BCUT2D eigenvalue weighted by Crippen LogP contribution is 2.43. The number of carbonyl (C=O) groups excluding carboxylic acids is 2. The van der Waals surface area contributed by atoms with E-state index in [0.717, 1.165) is 5.56 Å². The number of rotatable bonds is 7. The number of aliphatic hydroxyl groups excluding tert-OH is 1. The van der Waals surface area contributed by atoms with E-state index in [1.54, 1.807) is 30.3 Å². The molecule has 204 valence electrons. The molecule has 1 aliphatic rings. The molecule has 1 heterocycles. The summed E-state index contributed by atoms with van der Waals surface area (Å²) in [6, 6.07) is 18.7. The average Bonchev–Trinajstić information content (AvgIpc) is 3.15. The molecule has 0 radical (unpaired) electrons. The molecule has 7 heteroatoms. The summed E-state index contributed by atoms with van der Waals surface area (Å²) in [6.07, 6.45) is -0.00717. The van der Waals surface area contributed by atoms with E-state index in [2.05, 4.69) is 20.8 Å². The van der Waals surface area contributed by atoms with Crippen LogP contribution in [0.15, 0.2) is 72.3 Å². The molecule has 3 aromatic carbocycles. The zero-order valence-corrected chi connectivity index (χ0v) is 23.9. The van der Waals surface area contributed by atoms with E-state index in [-0.39, 0.29) is 22.9 Å². The fourth-order valence-electron chi connectivity index (χ4n) is 4.61. The van der Waals surface area contributed by atoms with Crippen LogP contribution in [0.25, 0.3) is 5.76 Å². The van der Waals surface area contributed by atoms with E-state index in [1.807, 2.05) is 57.2 Å². The van der Waals surface area contributed by atoms with Gasteiger partial charge >= 0.3 is 0 Å². The molecule has 1 unspecified atom stereocenters. The lowest BCUT2D eigenvalue weighted by atomic mass is 9.87. The molecule has 1 atom stereocenters. The van der Waals surface area contributed by atoms with Crippen molar-refractivity contribution in [3.05, 3.63) is 94.0 Å². The smallest absolute Gasteiger partial charge is 0.300 e. The van der Waals surface area contributed by atoms with Gasteiger partial charge < -0.3 is 14.6 Å². The Bertz CT molecular complexity index is 1400. The van der Waals surface area contributed by atoms with E-state index >= 15 is 0 Å². The summed E-state index contributed by atoms with van der Waals surface area (Å²) in [5, 5.41) is 11.8. The topological polar surface area (TPSA) is 76.1 Å². The Kier molecular flexibility index (Phi) is 8.07. The van der Waals surface area contributed by atoms with Crippen molar-refractivity contribution in [2.45, 2.75) is 59.1 Å². The van der Waals surface area contributed by atoms with Crippen LogP contribution in [0.2, 0.25) is 5.02 Å². The highest BCUT2D eigenvalue weighted by atomic mass is 35.5. The molecular weight excluding hydrogens is 514 g/mol. The van der Waals surface area contributed by atoms with Gasteiger partial charge in [-0.2, -0.15) is 0 Å². The van der Waals surface area contributed by atoms with Crippen LogP contribution >= 0.6 is 11.6 Å². The number of benzene rings is 3. The van der Waals surface area contributed by atoms with Gasteiger partial charge in [-0.05, 0) is 79.8 Å². The van der Waals surface area contributed by atoms with Crippen molar-refractivity contribution in [3.63, 3.8) is 0 Å².